The van der Waals surface area contributed by atoms with Crippen LogP contribution in [0.2, 0.25) is 0 Å². The molecule has 18 heavy (non-hydrogen) atoms. The van der Waals surface area contributed by atoms with Crippen molar-refractivity contribution in [3.63, 3.8) is 0 Å². The lowest BCUT2D eigenvalue weighted by Crippen LogP contribution is -2.32. The summed E-state index contributed by atoms with van der Waals surface area (Å²) in [6.45, 7) is 6.17. The van der Waals surface area contributed by atoms with Crippen molar-refractivity contribution < 1.29 is 8.42 Å². The molecule has 5 heteroatoms. The summed E-state index contributed by atoms with van der Waals surface area (Å²) in [5.74, 6) is 0.586. The number of halogens is 1. The molecule has 1 atom stereocenters. The molecule has 1 aromatic rings. The highest BCUT2D eigenvalue weighted by Crippen LogP contribution is 2.17. The highest BCUT2D eigenvalue weighted by atomic mass is 79.9. The van der Waals surface area contributed by atoms with Gasteiger partial charge in [0.1, 0.15) is 0 Å². The smallest absolute Gasteiger partial charge is 0.208 e. The van der Waals surface area contributed by atoms with E-state index in [1.54, 1.807) is 24.3 Å². The summed E-state index contributed by atoms with van der Waals surface area (Å²) in [7, 11) is -3.41. The fourth-order valence-corrected chi connectivity index (χ4v) is 3.48. The first-order chi connectivity index (χ1) is 8.31. The minimum Gasteiger partial charge on any atom is -0.208 e. The Morgan fingerprint density at radius 2 is 1.89 bits per heavy atom. The van der Waals surface area contributed by atoms with E-state index in [0.29, 0.717) is 10.8 Å². The van der Waals surface area contributed by atoms with Crippen LogP contribution in [-0.4, -0.2) is 14.5 Å². The third kappa shape index (κ3) is 5.08. The van der Waals surface area contributed by atoms with E-state index in [1.165, 1.54) is 0 Å². The van der Waals surface area contributed by atoms with E-state index in [0.717, 1.165) is 17.3 Å². The summed E-state index contributed by atoms with van der Waals surface area (Å²) in [6, 6.07) is 6.69. The molecule has 0 aliphatic carbocycles. The van der Waals surface area contributed by atoms with E-state index >= 15 is 0 Å². The van der Waals surface area contributed by atoms with Gasteiger partial charge in [-0.1, -0.05) is 35.8 Å². The molecule has 1 unspecified atom stereocenters. The summed E-state index contributed by atoms with van der Waals surface area (Å²) >= 11 is 3.28. The number of hydrogen-bond acceptors (Lipinski definition) is 2. The van der Waals surface area contributed by atoms with Gasteiger partial charge < -0.3 is 0 Å². The number of nitrogens with one attached hydrogen (secondary N) is 1. The minimum atomic E-state index is -3.41. The fraction of sp³-hybridized carbons (Fsp3) is 0.538. The maximum Gasteiger partial charge on any atom is 0.240 e. The number of sulfonamides is 1. The van der Waals surface area contributed by atoms with Crippen LogP contribution in [0.15, 0.2) is 33.6 Å². The third-order valence-corrected chi connectivity index (χ3v) is 4.72. The van der Waals surface area contributed by atoms with Gasteiger partial charge in [-0.15, -0.1) is 0 Å². The maximum atomic E-state index is 12.1. The molecule has 1 N–H and O–H groups in total. The molecule has 0 amide bonds. The monoisotopic (exact) mass is 333 g/mol. The topological polar surface area (TPSA) is 46.2 Å². The van der Waals surface area contributed by atoms with Crippen molar-refractivity contribution in [1.29, 1.82) is 0 Å². The van der Waals surface area contributed by atoms with Gasteiger partial charge in [-0.2, -0.15) is 0 Å². The first-order valence-electron chi connectivity index (χ1n) is 6.09. The van der Waals surface area contributed by atoms with Gasteiger partial charge in [0.2, 0.25) is 10.0 Å². The SMILES string of the molecule is CC(C)CCC(C)NS(=O)(=O)c1cccc(Br)c1. The number of benzene rings is 1. The van der Waals surface area contributed by atoms with Crippen molar-refractivity contribution in [3.8, 4) is 0 Å². The lowest BCUT2D eigenvalue weighted by molar-refractivity contribution is 0.485. The van der Waals surface area contributed by atoms with Gasteiger partial charge in [0.05, 0.1) is 4.90 Å². The van der Waals surface area contributed by atoms with Crippen LogP contribution in [0.1, 0.15) is 33.6 Å². The number of hydrogen-bond donors (Lipinski definition) is 1. The summed E-state index contributed by atoms with van der Waals surface area (Å²) in [4.78, 5) is 0.299. The molecular weight excluding hydrogens is 314 g/mol. The molecule has 0 aliphatic heterocycles. The molecule has 0 radical (unpaired) electrons. The Labute approximate surface area is 118 Å². The van der Waals surface area contributed by atoms with Crippen molar-refractivity contribution >= 4 is 26.0 Å². The molecule has 1 aromatic carbocycles. The highest BCUT2D eigenvalue weighted by molar-refractivity contribution is 9.10. The molecule has 0 fully saturated rings. The summed E-state index contributed by atoms with van der Waals surface area (Å²) < 4.78 is 27.7. The van der Waals surface area contributed by atoms with E-state index in [1.807, 2.05) is 6.92 Å². The van der Waals surface area contributed by atoms with Crippen LogP contribution < -0.4 is 4.72 Å². The molecule has 0 aromatic heterocycles. The standard InChI is InChI=1S/C13H20BrNO2S/c1-10(2)7-8-11(3)15-18(16,17)13-6-4-5-12(14)9-13/h4-6,9-11,15H,7-8H2,1-3H3. The molecule has 3 nitrogen and oxygen atoms in total. The fourth-order valence-electron chi connectivity index (χ4n) is 1.61. The highest BCUT2D eigenvalue weighted by Gasteiger charge is 2.17. The Morgan fingerprint density at radius 1 is 1.22 bits per heavy atom. The molecule has 0 spiro atoms. The second-order valence-electron chi connectivity index (χ2n) is 4.95. The zero-order valence-electron chi connectivity index (χ0n) is 11.0. The van der Waals surface area contributed by atoms with E-state index < -0.39 is 10.0 Å². The van der Waals surface area contributed by atoms with Crippen molar-refractivity contribution in [1.82, 2.24) is 4.72 Å². The molecule has 0 saturated carbocycles. The first kappa shape index (κ1) is 15.7. The lowest BCUT2D eigenvalue weighted by atomic mass is 10.1. The Balaban J connectivity index is 2.70. The van der Waals surface area contributed by atoms with Gasteiger partial charge in [-0.05, 0) is 43.9 Å². The van der Waals surface area contributed by atoms with Crippen LogP contribution in [0.3, 0.4) is 0 Å². The Morgan fingerprint density at radius 3 is 2.44 bits per heavy atom. The molecule has 1 rings (SSSR count). The summed E-state index contributed by atoms with van der Waals surface area (Å²) in [5.41, 5.74) is 0. The van der Waals surface area contributed by atoms with Crippen molar-refractivity contribution in [2.45, 2.75) is 44.6 Å². The molecular formula is C13H20BrNO2S. The average molecular weight is 334 g/mol. The Kier molecular flexibility index (Phi) is 5.82. The van der Waals surface area contributed by atoms with Crippen molar-refractivity contribution in [2.75, 3.05) is 0 Å². The molecule has 0 aliphatic rings. The normalized spacial score (nSPS) is 13.8. The first-order valence-corrected chi connectivity index (χ1v) is 8.37. The Hall–Kier alpha value is -0.390. The van der Waals surface area contributed by atoms with E-state index in [9.17, 15) is 8.42 Å². The van der Waals surface area contributed by atoms with Crippen LogP contribution >= 0.6 is 15.9 Å². The third-order valence-electron chi connectivity index (χ3n) is 2.64. The zero-order valence-corrected chi connectivity index (χ0v) is 13.4. The van der Waals surface area contributed by atoms with Crippen molar-refractivity contribution in [2.24, 2.45) is 5.92 Å². The van der Waals surface area contributed by atoms with Gasteiger partial charge in [-0.3, -0.25) is 0 Å². The summed E-state index contributed by atoms with van der Waals surface area (Å²) in [6.07, 6.45) is 1.87. The van der Waals surface area contributed by atoms with Crippen LogP contribution in [0, 0.1) is 5.92 Å². The predicted octanol–water partition coefficient (Wildman–Crippen LogP) is 3.55. The van der Waals surface area contributed by atoms with E-state index in [-0.39, 0.29) is 6.04 Å². The molecule has 0 heterocycles. The largest absolute Gasteiger partial charge is 0.240 e. The Bertz CT molecular complexity index is 486. The van der Waals surface area contributed by atoms with Crippen LogP contribution in [0.25, 0.3) is 0 Å². The maximum absolute atomic E-state index is 12.1. The lowest BCUT2D eigenvalue weighted by Gasteiger charge is -2.15. The van der Waals surface area contributed by atoms with Gasteiger partial charge in [0.15, 0.2) is 0 Å². The molecule has 0 bridgehead atoms. The molecule has 0 saturated heterocycles. The quantitative estimate of drug-likeness (QED) is 0.865. The van der Waals surface area contributed by atoms with Gasteiger partial charge in [0, 0.05) is 10.5 Å². The van der Waals surface area contributed by atoms with Crippen LogP contribution in [-0.2, 0) is 10.0 Å². The second-order valence-corrected chi connectivity index (χ2v) is 7.58. The van der Waals surface area contributed by atoms with Crippen LogP contribution in [0.5, 0.6) is 0 Å². The van der Waals surface area contributed by atoms with Crippen molar-refractivity contribution in [3.05, 3.63) is 28.7 Å². The van der Waals surface area contributed by atoms with Gasteiger partial charge in [-0.25, -0.2) is 13.1 Å². The van der Waals surface area contributed by atoms with E-state index in [2.05, 4.69) is 34.5 Å². The summed E-state index contributed by atoms with van der Waals surface area (Å²) in [5, 5.41) is 0. The average Bonchev–Trinajstić information content (AvgIpc) is 2.26. The van der Waals surface area contributed by atoms with Crippen LogP contribution in [0.4, 0.5) is 0 Å². The zero-order chi connectivity index (χ0) is 13.8. The van der Waals surface area contributed by atoms with Gasteiger partial charge in [0.25, 0.3) is 0 Å². The predicted molar refractivity (Wildman–Crippen MR) is 78.0 cm³/mol. The van der Waals surface area contributed by atoms with E-state index in [4.69, 9.17) is 0 Å². The van der Waals surface area contributed by atoms with Gasteiger partial charge >= 0.3 is 0 Å². The number of rotatable bonds is 6. The second kappa shape index (κ2) is 6.68. The molecule has 102 valence electrons. The minimum absolute atomic E-state index is 0.0450.